The van der Waals surface area contributed by atoms with Gasteiger partial charge in [0.15, 0.2) is 0 Å². The van der Waals surface area contributed by atoms with Crippen LogP contribution in [0.5, 0.6) is 0 Å². The van der Waals surface area contributed by atoms with Crippen molar-refractivity contribution in [2.24, 2.45) is 0 Å². The van der Waals surface area contributed by atoms with Crippen LogP contribution in [-0.2, 0) is 0 Å². The summed E-state index contributed by atoms with van der Waals surface area (Å²) in [6.45, 7) is 1.50. The molecule has 0 spiro atoms. The van der Waals surface area contributed by atoms with Crippen molar-refractivity contribution < 1.29 is 7.85 Å². The lowest BCUT2D eigenvalue weighted by Gasteiger charge is -2.05. The Bertz CT molecular complexity index is 244. The molecule has 0 saturated heterocycles. The van der Waals surface area contributed by atoms with Crippen molar-refractivity contribution in [2.45, 2.75) is 19.4 Å². The van der Waals surface area contributed by atoms with Crippen LogP contribution in [-0.4, -0.2) is 5.11 Å². The highest BCUT2D eigenvalue weighted by Gasteiger charge is 2.00. The molecule has 0 bridgehead atoms. The monoisotopic (exact) mass is 138 g/mol. The van der Waals surface area contributed by atoms with Gasteiger partial charge in [-0.15, -0.1) is 0 Å². The zero-order valence-electron chi connectivity index (χ0n) is 7.91. The quantitative estimate of drug-likeness (QED) is 0.663. The highest BCUT2D eigenvalue weighted by Crippen LogP contribution is 2.14. The van der Waals surface area contributed by atoms with Gasteiger partial charge in [-0.2, -0.15) is 0 Å². The second-order valence-corrected chi connectivity index (χ2v) is 2.04. The average molecular weight is 138 g/mol. The molecule has 0 aliphatic rings. The Hall–Kier alpha value is -0.820. The highest BCUT2D eigenvalue weighted by molar-refractivity contribution is 5.16. The first-order valence-corrected chi connectivity index (χ1v) is 3.25. The van der Waals surface area contributed by atoms with Crippen molar-refractivity contribution in [2.75, 3.05) is 0 Å². The van der Waals surface area contributed by atoms with E-state index in [0.29, 0.717) is 5.56 Å². The van der Waals surface area contributed by atoms with Crippen molar-refractivity contribution >= 4 is 0 Å². The van der Waals surface area contributed by atoms with Gasteiger partial charge >= 0.3 is 0 Å². The minimum atomic E-state index is -1.79. The molecule has 1 N–H and O–H groups in total. The average Bonchev–Trinajstić information content (AvgIpc) is 2.06. The molecule has 0 aromatic heterocycles. The molecule has 0 aliphatic heterocycles. The van der Waals surface area contributed by atoms with Gasteiger partial charge in [-0.3, -0.25) is 0 Å². The number of rotatable bonds is 2. The Balaban J connectivity index is 2.98. The lowest BCUT2D eigenvalue weighted by Crippen LogP contribution is -1.93. The molecule has 2 unspecified atom stereocenters. The molecule has 1 rings (SSSR count). The molecule has 1 aromatic carbocycles. The fourth-order valence-corrected chi connectivity index (χ4v) is 0.776. The largest absolute Gasteiger partial charge is 0.388 e. The summed E-state index contributed by atoms with van der Waals surface area (Å²) in [7, 11) is 0. The summed E-state index contributed by atoms with van der Waals surface area (Å²) in [6.07, 6.45) is -2.64. The summed E-state index contributed by atoms with van der Waals surface area (Å²) in [5.74, 6) is 0. The van der Waals surface area contributed by atoms with Gasteiger partial charge in [0.1, 0.15) is 0 Å². The first kappa shape index (κ1) is 4.91. The van der Waals surface area contributed by atoms with Crippen LogP contribution < -0.4 is 0 Å². The van der Waals surface area contributed by atoms with Crippen molar-refractivity contribution in [3.05, 3.63) is 35.9 Å². The fraction of sp³-hybridized carbons (Fsp3) is 0.333. The van der Waals surface area contributed by atoms with E-state index in [9.17, 15) is 5.11 Å². The van der Waals surface area contributed by atoms with Crippen LogP contribution in [0.1, 0.15) is 27.7 Å². The molecule has 54 valence electrons. The van der Waals surface area contributed by atoms with E-state index in [0.717, 1.165) is 0 Å². The molecule has 0 heterocycles. The van der Waals surface area contributed by atoms with E-state index < -0.39 is 12.5 Å². The maximum atomic E-state index is 9.54. The van der Waals surface area contributed by atoms with Gasteiger partial charge < -0.3 is 5.11 Å². The van der Waals surface area contributed by atoms with E-state index in [1.165, 1.54) is 6.92 Å². The summed E-state index contributed by atoms with van der Waals surface area (Å²) in [5, 5.41) is 9.54. The molecule has 0 fully saturated rings. The Kier molecular flexibility index (Phi) is 1.66. The molecular weight excluding hydrogens is 124 g/mol. The van der Waals surface area contributed by atoms with Crippen molar-refractivity contribution in [3.8, 4) is 0 Å². The predicted molar refractivity (Wildman–Crippen MR) is 41.7 cm³/mol. The summed E-state index contributed by atoms with van der Waals surface area (Å²) in [4.78, 5) is 0. The highest BCUT2D eigenvalue weighted by atomic mass is 16.3. The van der Waals surface area contributed by atoms with Gasteiger partial charge in [0.05, 0.1) is 7.45 Å². The van der Waals surface area contributed by atoms with Crippen LogP contribution in [0, 0.1) is 0 Å². The molecule has 10 heavy (non-hydrogen) atoms. The zero-order chi connectivity index (χ0) is 9.19. The molecule has 0 radical (unpaired) electrons. The molecular formula is C9H12O. The Labute approximate surface area is 64.1 Å². The van der Waals surface area contributed by atoms with Crippen LogP contribution in [0.15, 0.2) is 30.3 Å². The minimum absolute atomic E-state index is 0.465. The third-order valence-corrected chi connectivity index (χ3v) is 1.34. The Morgan fingerprint density at radius 3 is 2.70 bits per heavy atom. The number of hydrogen-bond donors (Lipinski definition) is 1. The maximum Gasteiger partial charge on any atom is 0.0787 e. The van der Waals surface area contributed by atoms with Gasteiger partial charge in [0.25, 0.3) is 0 Å². The van der Waals surface area contributed by atoms with Gasteiger partial charge in [0, 0.05) is 1.37 Å². The van der Waals surface area contributed by atoms with Crippen molar-refractivity contribution in [3.63, 3.8) is 0 Å². The van der Waals surface area contributed by atoms with E-state index in [-0.39, 0.29) is 0 Å². The zero-order valence-corrected chi connectivity index (χ0v) is 5.91. The molecule has 0 aliphatic carbocycles. The molecule has 2 atom stereocenters. The lowest BCUT2D eigenvalue weighted by molar-refractivity contribution is 0.173. The van der Waals surface area contributed by atoms with E-state index in [1.807, 2.05) is 6.07 Å². The second kappa shape index (κ2) is 3.37. The third kappa shape index (κ3) is 1.58. The van der Waals surface area contributed by atoms with Gasteiger partial charge in [-0.25, -0.2) is 0 Å². The molecule has 1 aromatic rings. The van der Waals surface area contributed by atoms with E-state index >= 15 is 0 Å². The van der Waals surface area contributed by atoms with Gasteiger partial charge in [-0.1, -0.05) is 37.3 Å². The fourth-order valence-electron chi connectivity index (χ4n) is 0.776. The molecule has 0 amide bonds. The summed E-state index contributed by atoms with van der Waals surface area (Å²) in [6, 6.07) is 8.61. The lowest BCUT2D eigenvalue weighted by atomic mass is 10.1. The van der Waals surface area contributed by atoms with Crippen LogP contribution in [0.2, 0.25) is 0 Å². The number of hydrogen-bond acceptors (Lipinski definition) is 1. The van der Waals surface area contributed by atoms with Crippen LogP contribution >= 0.6 is 0 Å². The van der Waals surface area contributed by atoms with E-state index in [2.05, 4.69) is 0 Å². The van der Waals surface area contributed by atoms with Crippen molar-refractivity contribution in [1.29, 1.82) is 0 Å². The Morgan fingerprint density at radius 1 is 1.60 bits per heavy atom. The predicted octanol–water partition coefficient (Wildman–Crippen LogP) is 2.13. The summed E-state index contributed by atoms with van der Waals surface area (Å²) < 4.78 is 14.8. The maximum absolute atomic E-state index is 9.54. The normalized spacial score (nSPS) is 22.2. The smallest absolute Gasteiger partial charge is 0.0787 e. The first-order chi connectivity index (χ1) is 5.55. The van der Waals surface area contributed by atoms with Crippen LogP contribution in [0.25, 0.3) is 0 Å². The minimum Gasteiger partial charge on any atom is -0.388 e. The molecule has 1 nitrogen and oxygen atoms in total. The van der Waals surface area contributed by atoms with Crippen LogP contribution in [0.4, 0.5) is 0 Å². The molecule has 0 saturated carbocycles. The van der Waals surface area contributed by atoms with Gasteiger partial charge in [0.2, 0.25) is 0 Å². The van der Waals surface area contributed by atoms with Crippen molar-refractivity contribution in [1.82, 2.24) is 0 Å². The summed E-state index contributed by atoms with van der Waals surface area (Å²) in [5.41, 5.74) is 0.465. The standard InChI is InChI=1S/C9H12O/c1-2-9(10)8-6-4-3-5-7-8/h3-7,9-10H,2H2,1H3/i2D,9D. The first-order valence-electron chi connectivity index (χ1n) is 4.33. The van der Waals surface area contributed by atoms with E-state index in [4.69, 9.17) is 2.74 Å². The van der Waals surface area contributed by atoms with Gasteiger partial charge in [-0.05, 0) is 12.0 Å². The second-order valence-electron chi connectivity index (χ2n) is 2.04. The number of aliphatic hydroxyl groups is 1. The van der Waals surface area contributed by atoms with Crippen LogP contribution in [0.3, 0.4) is 0 Å². The SMILES string of the molecule is [2H]C(C)C([2H])(O)c1ccccc1. The third-order valence-electron chi connectivity index (χ3n) is 1.34. The van der Waals surface area contributed by atoms with E-state index in [1.54, 1.807) is 24.3 Å². The summed E-state index contributed by atoms with van der Waals surface area (Å²) >= 11 is 0. The Morgan fingerprint density at radius 2 is 2.20 bits per heavy atom. The topological polar surface area (TPSA) is 20.2 Å². The number of benzene rings is 1. The molecule has 1 heteroatoms.